The first-order chi connectivity index (χ1) is 10.7. The second-order valence-corrected chi connectivity index (χ2v) is 5.28. The molecule has 1 heterocycles. The zero-order valence-corrected chi connectivity index (χ0v) is 12.7. The smallest absolute Gasteiger partial charge is 0.124 e. The lowest BCUT2D eigenvalue weighted by molar-refractivity contribution is 0.397. The van der Waals surface area contributed by atoms with Gasteiger partial charge in [0.05, 0.1) is 20.3 Å². The zero-order valence-electron chi connectivity index (χ0n) is 12.7. The number of methoxy groups -OCH3 is 2. The van der Waals surface area contributed by atoms with Crippen LogP contribution in [0.5, 0.6) is 17.2 Å². The fourth-order valence-corrected chi connectivity index (χ4v) is 2.97. The number of hydrazine groups is 1. The summed E-state index contributed by atoms with van der Waals surface area (Å²) < 4.78 is 10.6. The Morgan fingerprint density at radius 3 is 2.59 bits per heavy atom. The highest BCUT2D eigenvalue weighted by molar-refractivity contribution is 5.45. The molecule has 0 radical (unpaired) electrons. The van der Waals surface area contributed by atoms with E-state index in [1.807, 2.05) is 30.3 Å². The van der Waals surface area contributed by atoms with Crippen LogP contribution in [0.4, 0.5) is 0 Å². The minimum absolute atomic E-state index is 0.0396. The monoisotopic (exact) mass is 300 g/mol. The molecule has 22 heavy (non-hydrogen) atoms. The van der Waals surface area contributed by atoms with Gasteiger partial charge in [0.15, 0.2) is 0 Å². The van der Waals surface area contributed by atoms with Crippen molar-refractivity contribution in [1.29, 1.82) is 0 Å². The van der Waals surface area contributed by atoms with Gasteiger partial charge in [-0.25, -0.2) is 5.43 Å². The Kier molecular flexibility index (Phi) is 4.18. The highest BCUT2D eigenvalue weighted by Crippen LogP contribution is 2.41. The summed E-state index contributed by atoms with van der Waals surface area (Å²) in [4.78, 5) is 0. The maximum Gasteiger partial charge on any atom is 0.124 e. The molecule has 5 heteroatoms. The fraction of sp³-hybridized carbons (Fsp3) is 0.294. The van der Waals surface area contributed by atoms with Crippen LogP contribution in [0.3, 0.4) is 0 Å². The van der Waals surface area contributed by atoms with Crippen molar-refractivity contribution >= 4 is 0 Å². The summed E-state index contributed by atoms with van der Waals surface area (Å²) in [6, 6.07) is 13.3. The third-order valence-electron chi connectivity index (χ3n) is 4.09. The van der Waals surface area contributed by atoms with E-state index in [1.165, 1.54) is 0 Å². The highest BCUT2D eigenvalue weighted by Gasteiger charge is 2.33. The number of phenolic OH excluding ortho intramolecular Hbond substituents is 1. The minimum atomic E-state index is -0.0396. The Morgan fingerprint density at radius 1 is 1.05 bits per heavy atom. The van der Waals surface area contributed by atoms with Crippen LogP contribution in [0.2, 0.25) is 0 Å². The topological polar surface area (TPSA) is 62.8 Å². The van der Waals surface area contributed by atoms with Crippen molar-refractivity contribution in [1.82, 2.24) is 10.9 Å². The molecule has 0 aromatic heterocycles. The molecule has 0 aliphatic carbocycles. The summed E-state index contributed by atoms with van der Waals surface area (Å²) in [6.45, 7) is 0.760. The van der Waals surface area contributed by atoms with Gasteiger partial charge in [-0.15, -0.1) is 0 Å². The van der Waals surface area contributed by atoms with Crippen LogP contribution in [-0.2, 0) is 0 Å². The third kappa shape index (κ3) is 2.61. The molecule has 3 N–H and O–H groups in total. The van der Waals surface area contributed by atoms with Crippen LogP contribution < -0.4 is 20.3 Å². The quantitative estimate of drug-likeness (QED) is 0.809. The second kappa shape index (κ2) is 6.25. The highest BCUT2D eigenvalue weighted by atomic mass is 16.5. The molecule has 0 saturated carbocycles. The summed E-state index contributed by atoms with van der Waals surface area (Å²) in [7, 11) is 3.26. The molecule has 0 amide bonds. The van der Waals surface area contributed by atoms with Crippen LogP contribution in [-0.4, -0.2) is 25.9 Å². The SMILES string of the molecule is COc1ccc(C2NNCC2c2ccccc2OC)c(O)c1. The van der Waals surface area contributed by atoms with E-state index in [0.29, 0.717) is 5.75 Å². The normalized spacial score (nSPS) is 20.8. The molecule has 2 unspecified atom stereocenters. The summed E-state index contributed by atoms with van der Waals surface area (Å²) in [5.41, 5.74) is 8.37. The Labute approximate surface area is 129 Å². The number of ether oxygens (including phenoxy) is 2. The number of para-hydroxylation sites is 1. The predicted octanol–water partition coefficient (Wildman–Crippen LogP) is 2.34. The molecule has 1 saturated heterocycles. The molecule has 116 valence electrons. The van der Waals surface area contributed by atoms with Gasteiger partial charge < -0.3 is 14.6 Å². The van der Waals surface area contributed by atoms with Crippen LogP contribution in [0.1, 0.15) is 23.1 Å². The van der Waals surface area contributed by atoms with E-state index in [9.17, 15) is 5.11 Å². The molecule has 2 aromatic rings. The van der Waals surface area contributed by atoms with Gasteiger partial charge in [0.2, 0.25) is 0 Å². The lowest BCUT2D eigenvalue weighted by atomic mass is 9.87. The summed E-state index contributed by atoms with van der Waals surface area (Å²) in [5, 5.41) is 10.3. The molecule has 1 aliphatic rings. The van der Waals surface area contributed by atoms with E-state index in [0.717, 1.165) is 23.4 Å². The third-order valence-corrected chi connectivity index (χ3v) is 4.09. The molecule has 3 rings (SSSR count). The van der Waals surface area contributed by atoms with Crippen LogP contribution in [0.25, 0.3) is 0 Å². The summed E-state index contributed by atoms with van der Waals surface area (Å²) >= 11 is 0. The maximum atomic E-state index is 10.3. The van der Waals surface area contributed by atoms with E-state index < -0.39 is 0 Å². The lowest BCUT2D eigenvalue weighted by Gasteiger charge is -2.22. The largest absolute Gasteiger partial charge is 0.507 e. The number of hydrogen-bond donors (Lipinski definition) is 3. The number of nitrogens with one attached hydrogen (secondary N) is 2. The molecule has 5 nitrogen and oxygen atoms in total. The van der Waals surface area contributed by atoms with Gasteiger partial charge in [-0.2, -0.15) is 0 Å². The maximum absolute atomic E-state index is 10.3. The van der Waals surface area contributed by atoms with E-state index in [-0.39, 0.29) is 17.7 Å². The average molecular weight is 300 g/mol. The molecule has 1 aliphatic heterocycles. The van der Waals surface area contributed by atoms with Crippen LogP contribution in [0.15, 0.2) is 42.5 Å². The van der Waals surface area contributed by atoms with Gasteiger partial charge in [-0.3, -0.25) is 5.43 Å². The van der Waals surface area contributed by atoms with E-state index in [4.69, 9.17) is 9.47 Å². The minimum Gasteiger partial charge on any atom is -0.507 e. The number of rotatable bonds is 4. The molecule has 2 atom stereocenters. The summed E-state index contributed by atoms with van der Waals surface area (Å²) in [6.07, 6.45) is 0. The Balaban J connectivity index is 1.97. The average Bonchev–Trinajstić information content (AvgIpc) is 3.03. The van der Waals surface area contributed by atoms with Gasteiger partial charge >= 0.3 is 0 Å². The number of aromatic hydroxyl groups is 1. The van der Waals surface area contributed by atoms with Crippen molar-refractivity contribution in [2.75, 3.05) is 20.8 Å². The fourth-order valence-electron chi connectivity index (χ4n) is 2.97. The van der Waals surface area contributed by atoms with Crippen LogP contribution in [0, 0.1) is 0 Å². The first-order valence-electron chi connectivity index (χ1n) is 7.22. The molecule has 2 aromatic carbocycles. The van der Waals surface area contributed by atoms with Crippen molar-refractivity contribution < 1.29 is 14.6 Å². The number of benzene rings is 2. The zero-order chi connectivity index (χ0) is 15.5. The van der Waals surface area contributed by atoms with Crippen molar-refractivity contribution in [2.45, 2.75) is 12.0 Å². The second-order valence-electron chi connectivity index (χ2n) is 5.28. The van der Waals surface area contributed by atoms with Gasteiger partial charge in [-0.1, -0.05) is 24.3 Å². The van der Waals surface area contributed by atoms with Gasteiger partial charge in [0.25, 0.3) is 0 Å². The van der Waals surface area contributed by atoms with E-state index in [1.54, 1.807) is 20.3 Å². The Hall–Kier alpha value is -2.24. The molecule has 0 spiro atoms. The molecular weight excluding hydrogens is 280 g/mol. The van der Waals surface area contributed by atoms with Crippen molar-refractivity contribution in [3.63, 3.8) is 0 Å². The number of phenols is 1. The Morgan fingerprint density at radius 2 is 1.86 bits per heavy atom. The van der Waals surface area contributed by atoms with Crippen molar-refractivity contribution in [2.24, 2.45) is 0 Å². The van der Waals surface area contributed by atoms with Crippen molar-refractivity contribution in [3.05, 3.63) is 53.6 Å². The Bertz CT molecular complexity index is 660. The van der Waals surface area contributed by atoms with Crippen molar-refractivity contribution in [3.8, 4) is 17.2 Å². The standard InChI is InChI=1S/C17H20N2O3/c1-21-11-7-8-13(15(20)9-11)17-14(10-18-19-17)12-5-3-4-6-16(12)22-2/h3-9,14,17-20H,10H2,1-2H3. The van der Waals surface area contributed by atoms with E-state index in [2.05, 4.69) is 16.9 Å². The predicted molar refractivity (Wildman–Crippen MR) is 84.3 cm³/mol. The molecule has 1 fully saturated rings. The van der Waals surface area contributed by atoms with Gasteiger partial charge in [0.1, 0.15) is 17.2 Å². The van der Waals surface area contributed by atoms with Gasteiger partial charge in [-0.05, 0) is 12.1 Å². The van der Waals surface area contributed by atoms with Crippen LogP contribution >= 0.6 is 0 Å². The van der Waals surface area contributed by atoms with E-state index >= 15 is 0 Å². The first kappa shape index (κ1) is 14.7. The number of hydrogen-bond acceptors (Lipinski definition) is 5. The molecule has 0 bridgehead atoms. The lowest BCUT2D eigenvalue weighted by Crippen LogP contribution is -2.25. The molecular formula is C17H20N2O3. The summed E-state index contributed by atoms with van der Waals surface area (Å²) in [5.74, 6) is 1.88. The first-order valence-corrected chi connectivity index (χ1v) is 7.22. The van der Waals surface area contributed by atoms with Gasteiger partial charge in [0, 0.05) is 29.7 Å².